The van der Waals surface area contributed by atoms with Crippen LogP contribution in [0.1, 0.15) is 5.69 Å². The maximum absolute atomic E-state index is 5.62. The summed E-state index contributed by atoms with van der Waals surface area (Å²) < 4.78 is 22.3. The standard InChI is InChI=1S/C26H23NO4/c1-14-17-10-21(28-2)23(30-4)12-19(17)25-16-9-7-6-8-15(16)18-11-22(29-3)24(31-5)13-20(18)26(25)27-14/h6-13H,1-5H3. The molecule has 0 aliphatic heterocycles. The van der Waals surface area contributed by atoms with E-state index in [1.165, 1.54) is 0 Å². The summed E-state index contributed by atoms with van der Waals surface area (Å²) in [4.78, 5) is 5.05. The minimum absolute atomic E-state index is 0.679. The van der Waals surface area contributed by atoms with Crippen molar-refractivity contribution in [1.82, 2.24) is 4.98 Å². The van der Waals surface area contributed by atoms with E-state index in [1.54, 1.807) is 28.4 Å². The zero-order valence-electron chi connectivity index (χ0n) is 18.2. The van der Waals surface area contributed by atoms with Crippen molar-refractivity contribution in [3.63, 3.8) is 0 Å². The van der Waals surface area contributed by atoms with Gasteiger partial charge in [0.25, 0.3) is 0 Å². The van der Waals surface area contributed by atoms with Crippen molar-refractivity contribution < 1.29 is 18.9 Å². The molecule has 0 atom stereocenters. The summed E-state index contributed by atoms with van der Waals surface area (Å²) in [6.45, 7) is 2.02. The van der Waals surface area contributed by atoms with Gasteiger partial charge in [-0.1, -0.05) is 24.3 Å². The summed E-state index contributed by atoms with van der Waals surface area (Å²) >= 11 is 0. The van der Waals surface area contributed by atoms with Crippen LogP contribution in [0.5, 0.6) is 23.0 Å². The predicted molar refractivity (Wildman–Crippen MR) is 125 cm³/mol. The van der Waals surface area contributed by atoms with E-state index in [-0.39, 0.29) is 0 Å². The van der Waals surface area contributed by atoms with E-state index < -0.39 is 0 Å². The van der Waals surface area contributed by atoms with E-state index in [9.17, 15) is 0 Å². The number of rotatable bonds is 4. The number of methoxy groups -OCH3 is 4. The van der Waals surface area contributed by atoms with E-state index in [4.69, 9.17) is 23.9 Å². The fourth-order valence-corrected chi connectivity index (χ4v) is 4.50. The van der Waals surface area contributed by atoms with Crippen molar-refractivity contribution in [2.75, 3.05) is 28.4 Å². The molecule has 0 fully saturated rings. The molecule has 156 valence electrons. The lowest BCUT2D eigenvalue weighted by molar-refractivity contribution is 0.356. The SMILES string of the molecule is COc1cc2c(C)nc3c4cc(OC)c(OC)cc4c4ccccc4c3c2cc1OC. The first-order valence-corrected chi connectivity index (χ1v) is 10.0. The molecule has 0 aliphatic rings. The molecule has 1 heterocycles. The Balaban J connectivity index is 2.09. The average molecular weight is 413 g/mol. The largest absolute Gasteiger partial charge is 0.493 e. The van der Waals surface area contributed by atoms with Gasteiger partial charge >= 0.3 is 0 Å². The molecule has 0 amide bonds. The lowest BCUT2D eigenvalue weighted by Crippen LogP contribution is -1.96. The van der Waals surface area contributed by atoms with Gasteiger partial charge in [0.1, 0.15) is 0 Å². The normalized spacial score (nSPS) is 11.4. The van der Waals surface area contributed by atoms with Crippen LogP contribution >= 0.6 is 0 Å². The summed E-state index contributed by atoms with van der Waals surface area (Å²) in [5.74, 6) is 2.76. The monoisotopic (exact) mass is 413 g/mol. The number of nitrogens with zero attached hydrogens (tertiary/aromatic N) is 1. The van der Waals surface area contributed by atoms with Gasteiger partial charge in [0.15, 0.2) is 23.0 Å². The second kappa shape index (κ2) is 7.20. The highest BCUT2D eigenvalue weighted by Gasteiger charge is 2.18. The minimum Gasteiger partial charge on any atom is -0.493 e. The second-order valence-corrected chi connectivity index (χ2v) is 7.47. The van der Waals surface area contributed by atoms with Crippen LogP contribution in [0.3, 0.4) is 0 Å². The van der Waals surface area contributed by atoms with Crippen molar-refractivity contribution in [2.24, 2.45) is 0 Å². The molecule has 0 saturated heterocycles. The van der Waals surface area contributed by atoms with Crippen LogP contribution in [0.15, 0.2) is 48.5 Å². The summed E-state index contributed by atoms with van der Waals surface area (Å²) in [6.07, 6.45) is 0. The molecule has 31 heavy (non-hydrogen) atoms. The third-order valence-electron chi connectivity index (χ3n) is 5.96. The molecular weight excluding hydrogens is 390 g/mol. The van der Waals surface area contributed by atoms with Crippen LogP contribution < -0.4 is 18.9 Å². The fourth-order valence-electron chi connectivity index (χ4n) is 4.50. The first-order valence-electron chi connectivity index (χ1n) is 10.0. The molecule has 0 N–H and O–H groups in total. The van der Waals surface area contributed by atoms with Crippen LogP contribution in [0, 0.1) is 6.92 Å². The van der Waals surface area contributed by atoms with Gasteiger partial charge in [-0.25, -0.2) is 0 Å². The van der Waals surface area contributed by atoms with E-state index in [1.807, 2.05) is 31.2 Å². The van der Waals surface area contributed by atoms with Gasteiger partial charge in [0.05, 0.1) is 34.0 Å². The molecule has 5 rings (SSSR count). The number of pyridine rings is 1. The zero-order valence-corrected chi connectivity index (χ0v) is 18.2. The molecule has 5 heteroatoms. The van der Waals surface area contributed by atoms with Gasteiger partial charge in [-0.2, -0.15) is 0 Å². The fraction of sp³-hybridized carbons (Fsp3) is 0.192. The van der Waals surface area contributed by atoms with Crippen molar-refractivity contribution in [2.45, 2.75) is 6.92 Å². The molecule has 0 spiro atoms. The topological polar surface area (TPSA) is 49.8 Å². The maximum atomic E-state index is 5.62. The Bertz CT molecular complexity index is 1490. The highest BCUT2D eigenvalue weighted by molar-refractivity contribution is 6.30. The molecule has 5 nitrogen and oxygen atoms in total. The molecule has 0 bridgehead atoms. The number of benzene rings is 4. The zero-order chi connectivity index (χ0) is 21.7. The molecule has 1 aromatic heterocycles. The highest BCUT2D eigenvalue weighted by Crippen LogP contribution is 2.44. The molecule has 0 radical (unpaired) electrons. The molecule has 4 aromatic carbocycles. The van der Waals surface area contributed by atoms with Crippen LogP contribution in [0.25, 0.3) is 43.2 Å². The summed E-state index contributed by atoms with van der Waals surface area (Å²) in [5.41, 5.74) is 1.85. The average Bonchev–Trinajstić information content (AvgIpc) is 2.82. The van der Waals surface area contributed by atoms with Crippen molar-refractivity contribution >= 4 is 43.2 Å². The highest BCUT2D eigenvalue weighted by atomic mass is 16.5. The number of aromatic nitrogens is 1. The molecule has 0 aliphatic carbocycles. The van der Waals surface area contributed by atoms with Crippen LogP contribution in [0.2, 0.25) is 0 Å². The van der Waals surface area contributed by atoms with Crippen molar-refractivity contribution in [1.29, 1.82) is 0 Å². The Morgan fingerprint density at radius 3 is 1.61 bits per heavy atom. The molecular formula is C26H23NO4. The van der Waals surface area contributed by atoms with E-state index in [0.717, 1.165) is 48.9 Å². The molecule has 0 unspecified atom stereocenters. The van der Waals surface area contributed by atoms with Crippen LogP contribution in [-0.2, 0) is 0 Å². The number of fused-ring (bicyclic) bond motifs is 8. The van der Waals surface area contributed by atoms with E-state index in [0.29, 0.717) is 23.0 Å². The lowest BCUT2D eigenvalue weighted by Gasteiger charge is -2.17. The smallest absolute Gasteiger partial charge is 0.161 e. The molecule has 0 saturated carbocycles. The van der Waals surface area contributed by atoms with Crippen LogP contribution in [0.4, 0.5) is 0 Å². The van der Waals surface area contributed by atoms with Crippen LogP contribution in [-0.4, -0.2) is 33.4 Å². The Morgan fingerprint density at radius 2 is 1.03 bits per heavy atom. The summed E-state index contributed by atoms with van der Waals surface area (Å²) in [6, 6.07) is 16.5. The number of hydrogen-bond acceptors (Lipinski definition) is 5. The Labute approximate surface area is 180 Å². The predicted octanol–water partition coefficient (Wildman–Crippen LogP) is 6.04. The number of ether oxygens (including phenoxy) is 4. The van der Waals surface area contributed by atoms with Gasteiger partial charge in [-0.3, -0.25) is 4.98 Å². The van der Waals surface area contributed by atoms with Crippen molar-refractivity contribution in [3.8, 4) is 23.0 Å². The first kappa shape index (κ1) is 19.2. The summed E-state index contributed by atoms with van der Waals surface area (Å²) in [7, 11) is 6.61. The third kappa shape index (κ3) is 2.73. The first-order chi connectivity index (χ1) is 15.1. The lowest BCUT2D eigenvalue weighted by atomic mass is 9.93. The van der Waals surface area contributed by atoms with Crippen molar-refractivity contribution in [3.05, 3.63) is 54.2 Å². The Morgan fingerprint density at radius 1 is 0.548 bits per heavy atom. The van der Waals surface area contributed by atoms with Gasteiger partial charge in [0, 0.05) is 21.9 Å². The van der Waals surface area contributed by atoms with Gasteiger partial charge in [-0.15, -0.1) is 0 Å². The maximum Gasteiger partial charge on any atom is 0.161 e. The van der Waals surface area contributed by atoms with Gasteiger partial charge in [0.2, 0.25) is 0 Å². The Kier molecular flexibility index (Phi) is 4.47. The summed E-state index contributed by atoms with van der Waals surface area (Å²) in [5, 5.41) is 7.55. The van der Waals surface area contributed by atoms with E-state index >= 15 is 0 Å². The quantitative estimate of drug-likeness (QED) is 0.336. The number of aryl methyl sites for hydroxylation is 1. The Hall–Kier alpha value is -3.73. The second-order valence-electron chi connectivity index (χ2n) is 7.47. The molecule has 5 aromatic rings. The number of hydrogen-bond donors (Lipinski definition) is 0. The van der Waals surface area contributed by atoms with E-state index in [2.05, 4.69) is 24.3 Å². The van der Waals surface area contributed by atoms with Gasteiger partial charge < -0.3 is 18.9 Å². The third-order valence-corrected chi connectivity index (χ3v) is 5.96. The van der Waals surface area contributed by atoms with Gasteiger partial charge in [-0.05, 0) is 52.7 Å². The minimum atomic E-state index is 0.679.